The van der Waals surface area contributed by atoms with Crippen molar-refractivity contribution in [3.63, 3.8) is 0 Å². The Morgan fingerprint density at radius 1 is 1.31 bits per heavy atom. The first-order chi connectivity index (χ1) is 7.45. The second-order valence-corrected chi connectivity index (χ2v) is 3.77. The van der Waals surface area contributed by atoms with Crippen LogP contribution < -0.4 is 11.1 Å². The fourth-order valence-corrected chi connectivity index (χ4v) is 1.45. The molecule has 0 bridgehead atoms. The number of nitrogens with two attached hydrogens (primary N) is 1. The van der Waals surface area contributed by atoms with Gasteiger partial charge in [0.15, 0.2) is 5.69 Å². The van der Waals surface area contributed by atoms with Crippen molar-refractivity contribution < 1.29 is 13.2 Å². The monoisotopic (exact) mass is 232 g/mol. The molecule has 0 aliphatic heterocycles. The summed E-state index contributed by atoms with van der Waals surface area (Å²) in [6.45, 7) is 0. The third-order valence-corrected chi connectivity index (χ3v) is 2.49. The summed E-state index contributed by atoms with van der Waals surface area (Å²) in [5.41, 5.74) is 4.22. The third-order valence-electron chi connectivity index (χ3n) is 2.49. The quantitative estimate of drug-likeness (QED) is 0.819. The molecule has 0 unspecified atom stereocenters. The molecule has 0 amide bonds. The van der Waals surface area contributed by atoms with E-state index in [1.807, 2.05) is 0 Å². The van der Waals surface area contributed by atoms with Gasteiger partial charge in [0.2, 0.25) is 5.95 Å². The Bertz CT molecular complexity index is 387. The standard InChI is InChI=1S/C9H11F3N4/c10-9(11,12)6-4-7(16-8(13)15-6)14-5-2-1-3-5/h4-5H,1-3H2,(H3,13,14,15,16). The zero-order valence-corrected chi connectivity index (χ0v) is 8.38. The Hall–Kier alpha value is -1.53. The number of aromatic nitrogens is 2. The molecule has 1 aliphatic rings. The lowest BCUT2D eigenvalue weighted by atomic mass is 9.93. The van der Waals surface area contributed by atoms with Gasteiger partial charge in [-0.1, -0.05) is 0 Å². The topological polar surface area (TPSA) is 63.8 Å². The molecule has 0 radical (unpaired) electrons. The molecule has 0 saturated heterocycles. The normalized spacial score (nSPS) is 16.9. The maximum Gasteiger partial charge on any atom is 0.433 e. The van der Waals surface area contributed by atoms with Crippen LogP contribution in [0.25, 0.3) is 0 Å². The largest absolute Gasteiger partial charge is 0.433 e. The number of hydrogen-bond donors (Lipinski definition) is 2. The van der Waals surface area contributed by atoms with E-state index in [0.717, 1.165) is 25.3 Å². The summed E-state index contributed by atoms with van der Waals surface area (Å²) in [7, 11) is 0. The van der Waals surface area contributed by atoms with E-state index in [4.69, 9.17) is 5.73 Å². The zero-order chi connectivity index (χ0) is 11.8. The second-order valence-electron chi connectivity index (χ2n) is 3.77. The van der Waals surface area contributed by atoms with Gasteiger partial charge in [-0.25, -0.2) is 4.98 Å². The maximum absolute atomic E-state index is 12.4. The molecule has 0 spiro atoms. The van der Waals surface area contributed by atoms with Gasteiger partial charge >= 0.3 is 6.18 Å². The van der Waals surface area contributed by atoms with E-state index < -0.39 is 11.9 Å². The van der Waals surface area contributed by atoms with E-state index in [1.54, 1.807) is 0 Å². The SMILES string of the molecule is Nc1nc(NC2CCC2)cc(C(F)(F)F)n1. The van der Waals surface area contributed by atoms with Gasteiger partial charge in [-0.05, 0) is 19.3 Å². The van der Waals surface area contributed by atoms with Crippen molar-refractivity contribution in [1.82, 2.24) is 9.97 Å². The van der Waals surface area contributed by atoms with E-state index in [1.165, 1.54) is 0 Å². The number of nitrogens with zero attached hydrogens (tertiary/aromatic N) is 2. The molecule has 1 fully saturated rings. The summed E-state index contributed by atoms with van der Waals surface area (Å²) in [4.78, 5) is 6.88. The van der Waals surface area contributed by atoms with Crippen molar-refractivity contribution in [3.8, 4) is 0 Å². The molecule has 1 saturated carbocycles. The highest BCUT2D eigenvalue weighted by Crippen LogP contribution is 2.30. The number of halogens is 3. The first kappa shape index (κ1) is 11.0. The Labute approximate surface area is 90.1 Å². The van der Waals surface area contributed by atoms with Crippen LogP contribution in [0.3, 0.4) is 0 Å². The average Bonchev–Trinajstić information content (AvgIpc) is 2.09. The summed E-state index contributed by atoms with van der Waals surface area (Å²) < 4.78 is 37.2. The zero-order valence-electron chi connectivity index (χ0n) is 8.38. The predicted molar refractivity (Wildman–Crippen MR) is 52.7 cm³/mol. The van der Waals surface area contributed by atoms with Crippen LogP contribution in [0.5, 0.6) is 0 Å². The maximum atomic E-state index is 12.4. The fraction of sp³-hybridized carbons (Fsp3) is 0.556. The van der Waals surface area contributed by atoms with Gasteiger partial charge in [0.25, 0.3) is 0 Å². The number of anilines is 2. The minimum absolute atomic E-state index is 0.143. The van der Waals surface area contributed by atoms with E-state index in [2.05, 4.69) is 15.3 Å². The predicted octanol–water partition coefficient (Wildman–Crippen LogP) is 2.04. The van der Waals surface area contributed by atoms with Crippen LogP contribution in [0.2, 0.25) is 0 Å². The summed E-state index contributed by atoms with van der Waals surface area (Å²) in [5, 5.41) is 2.90. The van der Waals surface area contributed by atoms with Gasteiger partial charge in [0, 0.05) is 12.1 Å². The summed E-state index contributed by atoms with van der Waals surface area (Å²) >= 11 is 0. The second kappa shape index (κ2) is 3.80. The van der Waals surface area contributed by atoms with Crippen molar-refractivity contribution >= 4 is 11.8 Å². The van der Waals surface area contributed by atoms with E-state index in [9.17, 15) is 13.2 Å². The number of rotatable bonds is 2. The minimum atomic E-state index is -4.49. The molecule has 1 aliphatic carbocycles. The van der Waals surface area contributed by atoms with Gasteiger partial charge in [-0.15, -0.1) is 0 Å². The number of nitrogen functional groups attached to an aromatic ring is 1. The third kappa shape index (κ3) is 2.34. The molecule has 4 nitrogen and oxygen atoms in total. The average molecular weight is 232 g/mol. The Morgan fingerprint density at radius 3 is 2.50 bits per heavy atom. The van der Waals surface area contributed by atoms with E-state index in [-0.39, 0.29) is 17.8 Å². The summed E-state index contributed by atoms with van der Waals surface area (Å²) in [5.74, 6) is -0.221. The number of alkyl halides is 3. The van der Waals surface area contributed by atoms with Crippen LogP contribution >= 0.6 is 0 Å². The van der Waals surface area contributed by atoms with Gasteiger partial charge in [0.1, 0.15) is 5.82 Å². The highest BCUT2D eigenvalue weighted by atomic mass is 19.4. The smallest absolute Gasteiger partial charge is 0.368 e. The van der Waals surface area contributed by atoms with Crippen molar-refractivity contribution in [2.24, 2.45) is 0 Å². The van der Waals surface area contributed by atoms with Gasteiger partial charge < -0.3 is 11.1 Å². The molecular weight excluding hydrogens is 221 g/mol. The van der Waals surface area contributed by atoms with Crippen molar-refractivity contribution in [3.05, 3.63) is 11.8 Å². The summed E-state index contributed by atoms with van der Waals surface area (Å²) in [6, 6.07) is 1.09. The van der Waals surface area contributed by atoms with E-state index in [0.29, 0.717) is 0 Å². The lowest BCUT2D eigenvalue weighted by molar-refractivity contribution is -0.141. The Morgan fingerprint density at radius 2 is 2.00 bits per heavy atom. The van der Waals surface area contributed by atoms with Crippen LogP contribution in [0.4, 0.5) is 24.9 Å². The minimum Gasteiger partial charge on any atom is -0.368 e. The highest BCUT2D eigenvalue weighted by Gasteiger charge is 2.33. The van der Waals surface area contributed by atoms with Crippen LogP contribution in [0.15, 0.2) is 6.07 Å². The Balaban J connectivity index is 2.21. The van der Waals surface area contributed by atoms with Crippen molar-refractivity contribution in [1.29, 1.82) is 0 Å². The molecular formula is C9H11F3N4. The van der Waals surface area contributed by atoms with Crippen LogP contribution in [-0.4, -0.2) is 16.0 Å². The first-order valence-corrected chi connectivity index (χ1v) is 4.93. The van der Waals surface area contributed by atoms with Gasteiger partial charge in [0.05, 0.1) is 0 Å². The molecule has 0 aromatic carbocycles. The molecule has 3 N–H and O–H groups in total. The molecule has 16 heavy (non-hydrogen) atoms. The van der Waals surface area contributed by atoms with Gasteiger partial charge in [-0.2, -0.15) is 18.2 Å². The molecule has 1 heterocycles. The lowest BCUT2D eigenvalue weighted by Crippen LogP contribution is -2.28. The first-order valence-electron chi connectivity index (χ1n) is 4.93. The summed E-state index contributed by atoms with van der Waals surface area (Å²) in [6.07, 6.45) is -1.51. The fourth-order valence-electron chi connectivity index (χ4n) is 1.45. The van der Waals surface area contributed by atoms with Gasteiger partial charge in [-0.3, -0.25) is 0 Å². The highest BCUT2D eigenvalue weighted by molar-refractivity contribution is 5.42. The molecule has 1 aromatic rings. The molecule has 88 valence electrons. The van der Waals surface area contributed by atoms with Crippen molar-refractivity contribution in [2.75, 3.05) is 11.1 Å². The molecule has 1 aromatic heterocycles. The molecule has 2 rings (SSSR count). The van der Waals surface area contributed by atoms with E-state index >= 15 is 0 Å². The lowest BCUT2D eigenvalue weighted by Gasteiger charge is -2.27. The molecule has 7 heteroatoms. The van der Waals surface area contributed by atoms with Crippen molar-refractivity contribution in [2.45, 2.75) is 31.5 Å². The van der Waals surface area contributed by atoms with Crippen LogP contribution in [0, 0.1) is 0 Å². The number of hydrogen-bond acceptors (Lipinski definition) is 4. The number of nitrogens with one attached hydrogen (secondary N) is 1. The Kier molecular flexibility index (Phi) is 2.61. The van der Waals surface area contributed by atoms with Crippen LogP contribution in [-0.2, 0) is 6.18 Å². The van der Waals surface area contributed by atoms with Crippen LogP contribution in [0.1, 0.15) is 25.0 Å². The molecule has 0 atom stereocenters.